The summed E-state index contributed by atoms with van der Waals surface area (Å²) in [5.74, 6) is 0.935. The second-order valence-electron chi connectivity index (χ2n) is 6.23. The molecule has 4 rings (SSSR count). The SMILES string of the molecule is COc1ccc2c(c1)CCN2C(=O)C1CCCc2cccnc21. The average molecular weight is 308 g/mol. The van der Waals surface area contributed by atoms with Crippen molar-refractivity contribution >= 4 is 11.6 Å². The number of pyridine rings is 1. The summed E-state index contributed by atoms with van der Waals surface area (Å²) in [7, 11) is 1.67. The van der Waals surface area contributed by atoms with E-state index in [2.05, 4.69) is 11.1 Å². The van der Waals surface area contributed by atoms with Gasteiger partial charge in [-0.2, -0.15) is 0 Å². The van der Waals surface area contributed by atoms with Crippen molar-refractivity contribution in [3.63, 3.8) is 0 Å². The number of methoxy groups -OCH3 is 1. The third-order valence-corrected chi connectivity index (χ3v) is 4.94. The topological polar surface area (TPSA) is 42.4 Å². The van der Waals surface area contributed by atoms with Gasteiger partial charge < -0.3 is 9.64 Å². The van der Waals surface area contributed by atoms with Crippen molar-refractivity contribution in [3.8, 4) is 5.75 Å². The summed E-state index contributed by atoms with van der Waals surface area (Å²) in [6.45, 7) is 0.750. The number of hydrogen-bond acceptors (Lipinski definition) is 3. The Kier molecular flexibility index (Phi) is 3.52. The number of nitrogens with zero attached hydrogens (tertiary/aromatic N) is 2. The molecule has 1 amide bonds. The fourth-order valence-electron chi connectivity index (χ4n) is 3.77. The molecular weight excluding hydrogens is 288 g/mol. The molecule has 2 aliphatic rings. The zero-order chi connectivity index (χ0) is 15.8. The van der Waals surface area contributed by atoms with E-state index in [4.69, 9.17) is 4.74 Å². The molecule has 0 spiro atoms. The van der Waals surface area contributed by atoms with E-state index >= 15 is 0 Å². The van der Waals surface area contributed by atoms with Crippen LogP contribution in [0.25, 0.3) is 0 Å². The molecule has 23 heavy (non-hydrogen) atoms. The fourth-order valence-corrected chi connectivity index (χ4v) is 3.77. The Labute approximate surface area is 136 Å². The molecule has 0 fully saturated rings. The Morgan fingerprint density at radius 1 is 1.26 bits per heavy atom. The predicted molar refractivity (Wildman–Crippen MR) is 89.0 cm³/mol. The van der Waals surface area contributed by atoms with Crippen LogP contribution in [0.5, 0.6) is 5.75 Å². The number of aryl methyl sites for hydroxylation is 1. The summed E-state index contributed by atoms with van der Waals surface area (Å²) in [6, 6.07) is 10.0. The highest BCUT2D eigenvalue weighted by atomic mass is 16.5. The lowest BCUT2D eigenvalue weighted by Crippen LogP contribution is -2.35. The van der Waals surface area contributed by atoms with E-state index in [1.54, 1.807) is 13.3 Å². The molecule has 0 saturated heterocycles. The van der Waals surface area contributed by atoms with Crippen LogP contribution in [-0.2, 0) is 17.6 Å². The summed E-state index contributed by atoms with van der Waals surface area (Å²) < 4.78 is 5.28. The number of rotatable bonds is 2. The quantitative estimate of drug-likeness (QED) is 0.856. The molecule has 1 aromatic heterocycles. The third kappa shape index (κ3) is 2.38. The first kappa shape index (κ1) is 14.2. The molecule has 118 valence electrons. The smallest absolute Gasteiger partial charge is 0.236 e. The lowest BCUT2D eigenvalue weighted by molar-refractivity contribution is -0.120. The van der Waals surface area contributed by atoms with Gasteiger partial charge >= 0.3 is 0 Å². The maximum absolute atomic E-state index is 13.1. The number of hydrogen-bond donors (Lipinski definition) is 0. The van der Waals surface area contributed by atoms with E-state index < -0.39 is 0 Å². The number of aromatic nitrogens is 1. The second-order valence-corrected chi connectivity index (χ2v) is 6.23. The largest absolute Gasteiger partial charge is 0.497 e. The van der Waals surface area contributed by atoms with Gasteiger partial charge in [0.1, 0.15) is 5.75 Å². The summed E-state index contributed by atoms with van der Waals surface area (Å²) >= 11 is 0. The minimum absolute atomic E-state index is 0.104. The normalized spacial score (nSPS) is 19.2. The molecule has 4 nitrogen and oxygen atoms in total. The number of carbonyl (C=O) groups is 1. The minimum Gasteiger partial charge on any atom is -0.497 e. The van der Waals surface area contributed by atoms with Gasteiger partial charge in [-0.3, -0.25) is 9.78 Å². The first-order valence-electron chi connectivity index (χ1n) is 8.20. The highest BCUT2D eigenvalue weighted by Gasteiger charge is 2.34. The van der Waals surface area contributed by atoms with Crippen molar-refractivity contribution in [2.75, 3.05) is 18.6 Å². The molecule has 0 N–H and O–H groups in total. The van der Waals surface area contributed by atoms with Crippen LogP contribution in [0, 0.1) is 0 Å². The van der Waals surface area contributed by atoms with Crippen LogP contribution in [0.3, 0.4) is 0 Å². The van der Waals surface area contributed by atoms with Gasteiger partial charge in [0.2, 0.25) is 5.91 Å². The molecule has 2 aromatic rings. The summed E-state index contributed by atoms with van der Waals surface area (Å²) in [4.78, 5) is 19.6. The van der Waals surface area contributed by atoms with Gasteiger partial charge in [0, 0.05) is 18.4 Å². The standard InChI is InChI=1S/C19H20N2O2/c1-23-15-7-8-17-14(12-15)9-11-21(17)19(22)16-6-2-4-13-5-3-10-20-18(13)16/h3,5,7-8,10,12,16H,2,4,6,9,11H2,1H3. The lowest BCUT2D eigenvalue weighted by Gasteiger charge is -2.28. The van der Waals surface area contributed by atoms with E-state index in [0.717, 1.165) is 49.4 Å². The number of ether oxygens (including phenoxy) is 1. The maximum atomic E-state index is 13.1. The van der Waals surface area contributed by atoms with E-state index in [1.165, 1.54) is 11.1 Å². The number of anilines is 1. The van der Waals surface area contributed by atoms with Gasteiger partial charge in [0.05, 0.1) is 18.7 Å². The van der Waals surface area contributed by atoms with Crippen molar-refractivity contribution < 1.29 is 9.53 Å². The van der Waals surface area contributed by atoms with Gasteiger partial charge in [-0.15, -0.1) is 0 Å². The number of carbonyl (C=O) groups excluding carboxylic acids is 1. The van der Waals surface area contributed by atoms with E-state index in [9.17, 15) is 4.79 Å². The van der Waals surface area contributed by atoms with Gasteiger partial charge in [0.15, 0.2) is 0 Å². The van der Waals surface area contributed by atoms with Crippen LogP contribution >= 0.6 is 0 Å². The second kappa shape index (κ2) is 5.69. The Hall–Kier alpha value is -2.36. The zero-order valence-corrected chi connectivity index (χ0v) is 13.3. The first-order valence-corrected chi connectivity index (χ1v) is 8.20. The monoisotopic (exact) mass is 308 g/mol. The van der Waals surface area contributed by atoms with Gasteiger partial charge in [-0.05, 0) is 61.1 Å². The van der Waals surface area contributed by atoms with Crippen LogP contribution in [-0.4, -0.2) is 24.5 Å². The number of fused-ring (bicyclic) bond motifs is 2. The lowest BCUT2D eigenvalue weighted by atomic mass is 9.85. The molecule has 0 saturated carbocycles. The van der Waals surface area contributed by atoms with Crippen LogP contribution in [0.4, 0.5) is 5.69 Å². The van der Waals surface area contributed by atoms with Gasteiger partial charge in [0.25, 0.3) is 0 Å². The van der Waals surface area contributed by atoms with Crippen molar-refractivity contribution in [1.29, 1.82) is 0 Å². The fraction of sp³-hybridized carbons (Fsp3) is 0.368. The van der Waals surface area contributed by atoms with Gasteiger partial charge in [-0.1, -0.05) is 6.07 Å². The van der Waals surface area contributed by atoms with Crippen molar-refractivity contribution in [1.82, 2.24) is 4.98 Å². The van der Waals surface area contributed by atoms with Crippen LogP contribution in [0.1, 0.15) is 35.6 Å². The Balaban J connectivity index is 1.65. The molecule has 1 aromatic carbocycles. The Bertz CT molecular complexity index is 757. The molecular formula is C19H20N2O2. The van der Waals surface area contributed by atoms with E-state index in [1.807, 2.05) is 29.2 Å². The highest BCUT2D eigenvalue weighted by molar-refractivity contribution is 6.00. The Morgan fingerprint density at radius 2 is 2.17 bits per heavy atom. The molecule has 1 aliphatic carbocycles. The van der Waals surface area contributed by atoms with Crippen LogP contribution in [0.2, 0.25) is 0 Å². The summed E-state index contributed by atoms with van der Waals surface area (Å²) in [5.41, 5.74) is 4.42. The Morgan fingerprint density at radius 3 is 3.04 bits per heavy atom. The van der Waals surface area contributed by atoms with Crippen molar-refractivity contribution in [2.45, 2.75) is 31.6 Å². The number of benzene rings is 1. The maximum Gasteiger partial charge on any atom is 0.236 e. The average Bonchev–Trinajstić information content (AvgIpc) is 3.03. The molecule has 0 bridgehead atoms. The van der Waals surface area contributed by atoms with Gasteiger partial charge in [-0.25, -0.2) is 0 Å². The molecule has 1 aliphatic heterocycles. The third-order valence-electron chi connectivity index (χ3n) is 4.94. The minimum atomic E-state index is -0.104. The molecule has 2 heterocycles. The van der Waals surface area contributed by atoms with E-state index in [0.29, 0.717) is 0 Å². The van der Waals surface area contributed by atoms with Crippen molar-refractivity contribution in [3.05, 3.63) is 53.3 Å². The molecule has 1 unspecified atom stereocenters. The number of amides is 1. The molecule has 4 heteroatoms. The zero-order valence-electron chi connectivity index (χ0n) is 13.3. The molecule has 0 radical (unpaired) electrons. The van der Waals surface area contributed by atoms with Crippen molar-refractivity contribution in [2.24, 2.45) is 0 Å². The summed E-state index contributed by atoms with van der Waals surface area (Å²) in [5, 5.41) is 0. The van der Waals surface area contributed by atoms with Crippen LogP contribution < -0.4 is 9.64 Å². The molecule has 1 atom stereocenters. The van der Waals surface area contributed by atoms with Crippen LogP contribution in [0.15, 0.2) is 36.5 Å². The predicted octanol–water partition coefficient (Wildman–Crippen LogP) is 3.10. The summed E-state index contributed by atoms with van der Waals surface area (Å²) in [6.07, 6.45) is 5.66. The highest BCUT2D eigenvalue weighted by Crippen LogP contribution is 2.37. The van der Waals surface area contributed by atoms with E-state index in [-0.39, 0.29) is 11.8 Å². The first-order chi connectivity index (χ1) is 11.3.